The summed E-state index contributed by atoms with van der Waals surface area (Å²) in [6.07, 6.45) is 0.155. The first-order chi connectivity index (χ1) is 17.8. The van der Waals surface area contributed by atoms with Crippen LogP contribution in [0.5, 0.6) is 11.5 Å². The van der Waals surface area contributed by atoms with Crippen LogP contribution in [-0.4, -0.2) is 38.0 Å². The number of hydrogen-bond donors (Lipinski definition) is 2. The monoisotopic (exact) mass is 565 g/mol. The second-order valence-corrected chi connectivity index (χ2v) is 9.62. The molecular formula is C28H28BrN3O5. The summed E-state index contributed by atoms with van der Waals surface area (Å²) >= 11 is 3.44. The summed E-state index contributed by atoms with van der Waals surface area (Å²) in [7, 11) is 1.60. The van der Waals surface area contributed by atoms with Gasteiger partial charge in [0, 0.05) is 35.4 Å². The Kier molecular flexibility index (Phi) is 8.45. The van der Waals surface area contributed by atoms with Gasteiger partial charge in [-0.2, -0.15) is 0 Å². The first-order valence-corrected chi connectivity index (χ1v) is 12.6. The van der Waals surface area contributed by atoms with E-state index in [0.29, 0.717) is 30.2 Å². The van der Waals surface area contributed by atoms with Gasteiger partial charge in [-0.05, 0) is 72.6 Å². The molecule has 192 valence electrons. The number of amides is 3. The van der Waals surface area contributed by atoms with E-state index in [1.165, 1.54) is 0 Å². The smallest absolute Gasteiger partial charge is 0.262 e. The molecule has 0 bridgehead atoms. The summed E-state index contributed by atoms with van der Waals surface area (Å²) in [6.45, 7) is 2.49. The largest absolute Gasteiger partial charge is 0.497 e. The molecule has 0 unspecified atom stereocenters. The number of aryl methyl sites for hydroxylation is 1. The average Bonchev–Trinajstić information content (AvgIpc) is 3.30. The van der Waals surface area contributed by atoms with Crippen LogP contribution in [-0.2, 0) is 20.9 Å². The molecule has 37 heavy (non-hydrogen) atoms. The third kappa shape index (κ3) is 6.89. The Labute approximate surface area is 224 Å². The summed E-state index contributed by atoms with van der Waals surface area (Å²) in [6, 6.07) is 19.9. The van der Waals surface area contributed by atoms with Crippen molar-refractivity contribution in [3.8, 4) is 11.5 Å². The Morgan fingerprint density at radius 3 is 2.41 bits per heavy atom. The summed E-state index contributed by atoms with van der Waals surface area (Å²) in [5.74, 6) is 0.298. The molecule has 1 aliphatic heterocycles. The van der Waals surface area contributed by atoms with Gasteiger partial charge < -0.3 is 25.0 Å². The number of halogens is 1. The number of carbonyl (C=O) groups excluding carboxylic acids is 3. The van der Waals surface area contributed by atoms with E-state index in [2.05, 4.69) is 26.6 Å². The Bertz CT molecular complexity index is 1280. The van der Waals surface area contributed by atoms with Crippen LogP contribution in [0, 0.1) is 12.8 Å². The minimum Gasteiger partial charge on any atom is -0.497 e. The van der Waals surface area contributed by atoms with Crippen molar-refractivity contribution in [1.29, 1.82) is 0 Å². The van der Waals surface area contributed by atoms with Crippen LogP contribution in [0.4, 0.5) is 11.4 Å². The predicted molar refractivity (Wildman–Crippen MR) is 145 cm³/mol. The normalized spacial score (nSPS) is 14.8. The second kappa shape index (κ2) is 11.9. The average molecular weight is 566 g/mol. The number of carbonyl (C=O) groups is 3. The second-order valence-electron chi connectivity index (χ2n) is 8.77. The number of rotatable bonds is 9. The summed E-state index contributed by atoms with van der Waals surface area (Å²) in [5.41, 5.74) is 3.34. The van der Waals surface area contributed by atoms with Gasteiger partial charge in [-0.15, -0.1) is 0 Å². The third-order valence-electron chi connectivity index (χ3n) is 6.08. The Hall–Kier alpha value is -3.85. The fourth-order valence-electron chi connectivity index (χ4n) is 4.00. The number of methoxy groups -OCH3 is 1. The fourth-order valence-corrected chi connectivity index (χ4v) is 4.25. The summed E-state index contributed by atoms with van der Waals surface area (Å²) in [4.78, 5) is 39.1. The highest BCUT2D eigenvalue weighted by molar-refractivity contribution is 9.10. The molecule has 9 heteroatoms. The van der Waals surface area contributed by atoms with E-state index in [9.17, 15) is 14.4 Å². The van der Waals surface area contributed by atoms with Gasteiger partial charge in [-0.3, -0.25) is 14.4 Å². The third-order valence-corrected chi connectivity index (χ3v) is 6.97. The van der Waals surface area contributed by atoms with Crippen LogP contribution in [0.15, 0.2) is 71.2 Å². The van der Waals surface area contributed by atoms with E-state index >= 15 is 0 Å². The van der Waals surface area contributed by atoms with Crippen LogP contribution < -0.4 is 25.0 Å². The molecule has 1 aliphatic rings. The van der Waals surface area contributed by atoms with Crippen LogP contribution in [0.25, 0.3) is 0 Å². The summed E-state index contributed by atoms with van der Waals surface area (Å²) in [5, 5.41) is 5.71. The number of nitrogens with one attached hydrogen (secondary N) is 2. The van der Waals surface area contributed by atoms with Crippen molar-refractivity contribution in [1.82, 2.24) is 5.32 Å². The molecule has 0 spiro atoms. The molecular weight excluding hydrogens is 538 g/mol. The number of anilines is 2. The molecule has 1 fully saturated rings. The van der Waals surface area contributed by atoms with Crippen LogP contribution in [0.3, 0.4) is 0 Å². The maximum atomic E-state index is 12.7. The lowest BCUT2D eigenvalue weighted by Gasteiger charge is -2.17. The molecule has 0 aromatic heterocycles. The molecule has 1 heterocycles. The minimum absolute atomic E-state index is 0.109. The standard InChI is InChI=1S/C28H28BrN3O5/c1-18-13-21(5-12-25(18)29)31-26(33)17-37-24-10-6-22(7-11-24)32-16-20(14-27(32)34)28(35)30-15-19-3-8-23(36-2)9-4-19/h3-13,20H,14-17H2,1-2H3,(H,30,35)(H,31,33)/t20-/m1/s1. The molecule has 0 saturated carbocycles. The zero-order valence-corrected chi connectivity index (χ0v) is 22.2. The van der Waals surface area contributed by atoms with E-state index in [1.807, 2.05) is 49.4 Å². The fraction of sp³-hybridized carbons (Fsp3) is 0.250. The molecule has 4 rings (SSSR count). The van der Waals surface area contributed by atoms with Gasteiger partial charge in [0.05, 0.1) is 13.0 Å². The van der Waals surface area contributed by atoms with Crippen molar-refractivity contribution >= 4 is 45.0 Å². The molecule has 8 nitrogen and oxygen atoms in total. The highest BCUT2D eigenvalue weighted by Crippen LogP contribution is 2.27. The summed E-state index contributed by atoms with van der Waals surface area (Å²) < 4.78 is 11.7. The highest BCUT2D eigenvalue weighted by Gasteiger charge is 2.35. The van der Waals surface area contributed by atoms with Gasteiger partial charge in [-0.1, -0.05) is 28.1 Å². The zero-order valence-electron chi connectivity index (χ0n) is 20.6. The Morgan fingerprint density at radius 2 is 1.73 bits per heavy atom. The predicted octanol–water partition coefficient (Wildman–Crippen LogP) is 4.45. The van der Waals surface area contributed by atoms with E-state index in [0.717, 1.165) is 21.3 Å². The zero-order chi connectivity index (χ0) is 26.4. The van der Waals surface area contributed by atoms with Gasteiger partial charge in [0.15, 0.2) is 6.61 Å². The topological polar surface area (TPSA) is 97.0 Å². The lowest BCUT2D eigenvalue weighted by Crippen LogP contribution is -2.32. The molecule has 0 aliphatic carbocycles. The minimum atomic E-state index is -0.424. The number of ether oxygens (including phenoxy) is 2. The molecule has 0 radical (unpaired) electrons. The van der Waals surface area contributed by atoms with Gasteiger partial charge in [0.2, 0.25) is 11.8 Å². The van der Waals surface area contributed by atoms with Gasteiger partial charge in [-0.25, -0.2) is 0 Å². The SMILES string of the molecule is COc1ccc(CNC(=O)[C@@H]2CC(=O)N(c3ccc(OCC(=O)Nc4ccc(Br)c(C)c4)cc3)C2)cc1. The maximum Gasteiger partial charge on any atom is 0.262 e. The quantitative estimate of drug-likeness (QED) is 0.399. The molecule has 3 aromatic rings. The maximum absolute atomic E-state index is 12.7. The molecule has 1 atom stereocenters. The van der Waals surface area contributed by atoms with E-state index in [-0.39, 0.29) is 30.7 Å². The van der Waals surface area contributed by atoms with Crippen LogP contribution in [0.1, 0.15) is 17.5 Å². The van der Waals surface area contributed by atoms with Gasteiger partial charge in [0.25, 0.3) is 5.91 Å². The van der Waals surface area contributed by atoms with Crippen molar-refractivity contribution in [2.75, 3.05) is 30.5 Å². The van der Waals surface area contributed by atoms with Crippen molar-refractivity contribution in [3.05, 3.63) is 82.3 Å². The number of benzene rings is 3. The van der Waals surface area contributed by atoms with Crippen molar-refractivity contribution in [2.45, 2.75) is 19.9 Å². The van der Waals surface area contributed by atoms with Gasteiger partial charge >= 0.3 is 0 Å². The van der Waals surface area contributed by atoms with E-state index in [4.69, 9.17) is 9.47 Å². The lowest BCUT2D eigenvalue weighted by molar-refractivity contribution is -0.126. The van der Waals surface area contributed by atoms with Crippen molar-refractivity contribution in [2.24, 2.45) is 5.92 Å². The first kappa shape index (κ1) is 26.2. The van der Waals surface area contributed by atoms with E-state index < -0.39 is 5.92 Å². The highest BCUT2D eigenvalue weighted by atomic mass is 79.9. The number of nitrogens with zero attached hydrogens (tertiary/aromatic N) is 1. The lowest BCUT2D eigenvalue weighted by atomic mass is 10.1. The van der Waals surface area contributed by atoms with Crippen LogP contribution >= 0.6 is 15.9 Å². The molecule has 1 saturated heterocycles. The molecule has 2 N–H and O–H groups in total. The first-order valence-electron chi connectivity index (χ1n) is 11.8. The number of hydrogen-bond acceptors (Lipinski definition) is 5. The van der Waals surface area contributed by atoms with Gasteiger partial charge in [0.1, 0.15) is 11.5 Å². The Morgan fingerprint density at radius 1 is 1.03 bits per heavy atom. The van der Waals surface area contributed by atoms with E-state index in [1.54, 1.807) is 36.3 Å². The van der Waals surface area contributed by atoms with Crippen molar-refractivity contribution in [3.63, 3.8) is 0 Å². The van der Waals surface area contributed by atoms with Crippen LogP contribution in [0.2, 0.25) is 0 Å². The molecule has 3 aromatic carbocycles. The van der Waals surface area contributed by atoms with Crippen molar-refractivity contribution < 1.29 is 23.9 Å². The Balaban J connectivity index is 1.26. The molecule has 3 amide bonds.